The number of nitrogen functional groups attached to an aromatic ring is 1. The molecule has 0 aliphatic carbocycles. The van der Waals surface area contributed by atoms with Gasteiger partial charge in [0.2, 0.25) is 5.89 Å². The molecule has 0 bridgehead atoms. The predicted octanol–water partition coefficient (Wildman–Crippen LogP) is 2.22. The Labute approximate surface area is 136 Å². The van der Waals surface area contributed by atoms with Gasteiger partial charge in [0.1, 0.15) is 0 Å². The standard InChI is InChI=1S/C15H20N4O2.ClH/c1-20-9-7-14-17-15(21-18-14)10-19-8-3-4-11-12(16)5-2-6-13(11)19;/h2,5-6H,3-4,7-10,16H2,1H3;1H. The summed E-state index contributed by atoms with van der Waals surface area (Å²) in [6.45, 7) is 2.20. The average Bonchev–Trinajstić information content (AvgIpc) is 2.94. The van der Waals surface area contributed by atoms with Crippen LogP contribution in [0.1, 0.15) is 23.7 Å². The highest BCUT2D eigenvalue weighted by Gasteiger charge is 2.20. The Morgan fingerprint density at radius 3 is 3.09 bits per heavy atom. The van der Waals surface area contributed by atoms with Gasteiger partial charge in [0.15, 0.2) is 5.82 Å². The summed E-state index contributed by atoms with van der Waals surface area (Å²) < 4.78 is 10.3. The molecular weight excluding hydrogens is 304 g/mol. The molecule has 7 heteroatoms. The molecule has 0 saturated heterocycles. The summed E-state index contributed by atoms with van der Waals surface area (Å²) in [5, 5.41) is 3.98. The molecule has 1 aromatic heterocycles. The van der Waals surface area contributed by atoms with Gasteiger partial charge in [0, 0.05) is 31.5 Å². The summed E-state index contributed by atoms with van der Waals surface area (Å²) in [7, 11) is 1.66. The Hall–Kier alpha value is -1.79. The lowest BCUT2D eigenvalue weighted by Gasteiger charge is -2.30. The van der Waals surface area contributed by atoms with E-state index in [2.05, 4.69) is 21.1 Å². The van der Waals surface area contributed by atoms with Crippen LogP contribution < -0.4 is 10.6 Å². The molecule has 2 aromatic rings. The number of anilines is 2. The molecule has 1 aliphatic heterocycles. The van der Waals surface area contributed by atoms with Gasteiger partial charge in [-0.1, -0.05) is 11.2 Å². The second kappa shape index (κ2) is 7.47. The maximum Gasteiger partial charge on any atom is 0.246 e. The number of methoxy groups -OCH3 is 1. The van der Waals surface area contributed by atoms with Gasteiger partial charge in [-0.2, -0.15) is 4.98 Å². The van der Waals surface area contributed by atoms with E-state index in [0.717, 1.165) is 25.1 Å². The van der Waals surface area contributed by atoms with Crippen molar-refractivity contribution in [1.29, 1.82) is 0 Å². The number of ether oxygens (including phenoxy) is 1. The van der Waals surface area contributed by atoms with E-state index in [-0.39, 0.29) is 12.4 Å². The van der Waals surface area contributed by atoms with Crippen LogP contribution in [0, 0.1) is 0 Å². The zero-order valence-electron chi connectivity index (χ0n) is 12.6. The minimum Gasteiger partial charge on any atom is -0.398 e. The van der Waals surface area contributed by atoms with Crippen LogP contribution in [0.3, 0.4) is 0 Å². The summed E-state index contributed by atoms with van der Waals surface area (Å²) >= 11 is 0. The number of benzene rings is 1. The monoisotopic (exact) mass is 324 g/mol. The maximum atomic E-state index is 6.06. The smallest absolute Gasteiger partial charge is 0.246 e. The van der Waals surface area contributed by atoms with E-state index < -0.39 is 0 Å². The number of hydrogen-bond acceptors (Lipinski definition) is 6. The molecule has 1 aromatic carbocycles. The van der Waals surface area contributed by atoms with Gasteiger partial charge in [-0.15, -0.1) is 12.4 Å². The quantitative estimate of drug-likeness (QED) is 0.850. The molecule has 0 spiro atoms. The van der Waals surface area contributed by atoms with Crippen molar-refractivity contribution in [3.05, 3.63) is 35.5 Å². The highest BCUT2D eigenvalue weighted by atomic mass is 35.5. The maximum absolute atomic E-state index is 6.06. The van der Waals surface area contributed by atoms with E-state index in [1.165, 1.54) is 11.3 Å². The summed E-state index contributed by atoms with van der Waals surface area (Å²) in [6.07, 6.45) is 2.79. The third-order valence-electron chi connectivity index (χ3n) is 3.75. The van der Waals surface area contributed by atoms with E-state index in [9.17, 15) is 0 Å². The molecule has 120 valence electrons. The normalized spacial score (nSPS) is 13.6. The molecule has 0 amide bonds. The van der Waals surface area contributed by atoms with Gasteiger partial charge < -0.3 is 19.9 Å². The molecule has 0 fully saturated rings. The van der Waals surface area contributed by atoms with Crippen LogP contribution >= 0.6 is 12.4 Å². The SMILES string of the molecule is COCCc1noc(CN2CCCc3c(N)cccc32)n1.Cl. The molecule has 1 aliphatic rings. The average molecular weight is 325 g/mol. The van der Waals surface area contributed by atoms with E-state index in [0.29, 0.717) is 31.3 Å². The minimum absolute atomic E-state index is 0. The van der Waals surface area contributed by atoms with Crippen LogP contribution in [0.5, 0.6) is 0 Å². The van der Waals surface area contributed by atoms with Gasteiger partial charge in [0.25, 0.3) is 0 Å². The summed E-state index contributed by atoms with van der Waals surface area (Å²) in [5.41, 5.74) is 9.33. The molecule has 2 N–H and O–H groups in total. The van der Waals surface area contributed by atoms with Crippen molar-refractivity contribution in [3.63, 3.8) is 0 Å². The summed E-state index contributed by atoms with van der Waals surface area (Å²) in [6, 6.07) is 6.05. The van der Waals surface area contributed by atoms with E-state index in [1.807, 2.05) is 12.1 Å². The molecular formula is C15H21ClN4O2. The van der Waals surface area contributed by atoms with Crippen LogP contribution in [0.15, 0.2) is 22.7 Å². The first-order valence-electron chi connectivity index (χ1n) is 7.20. The van der Waals surface area contributed by atoms with E-state index in [1.54, 1.807) is 7.11 Å². The lowest BCUT2D eigenvalue weighted by atomic mass is 10.00. The van der Waals surface area contributed by atoms with Crippen LogP contribution in [0.25, 0.3) is 0 Å². The molecule has 0 radical (unpaired) electrons. The van der Waals surface area contributed by atoms with Crippen LogP contribution in [-0.4, -0.2) is 30.4 Å². The van der Waals surface area contributed by atoms with E-state index >= 15 is 0 Å². The first-order chi connectivity index (χ1) is 10.3. The first kappa shape index (κ1) is 16.6. The van der Waals surface area contributed by atoms with Crippen molar-refractivity contribution in [2.24, 2.45) is 0 Å². The summed E-state index contributed by atoms with van der Waals surface area (Å²) in [4.78, 5) is 6.66. The number of halogens is 1. The molecule has 3 rings (SSSR count). The first-order valence-corrected chi connectivity index (χ1v) is 7.20. The molecule has 22 heavy (non-hydrogen) atoms. The fourth-order valence-electron chi connectivity index (χ4n) is 2.70. The Kier molecular flexibility index (Phi) is 5.63. The van der Waals surface area contributed by atoms with Crippen LogP contribution in [0.4, 0.5) is 11.4 Å². The molecule has 0 saturated carbocycles. The number of hydrogen-bond donors (Lipinski definition) is 1. The number of rotatable bonds is 5. The second-order valence-corrected chi connectivity index (χ2v) is 5.22. The highest BCUT2D eigenvalue weighted by molar-refractivity contribution is 5.85. The number of fused-ring (bicyclic) bond motifs is 1. The third kappa shape index (κ3) is 3.51. The number of aromatic nitrogens is 2. The molecule has 6 nitrogen and oxygen atoms in total. The minimum atomic E-state index is 0. The van der Waals surface area contributed by atoms with Crippen molar-refractivity contribution in [1.82, 2.24) is 10.1 Å². The zero-order chi connectivity index (χ0) is 14.7. The van der Waals surface area contributed by atoms with Crippen molar-refractivity contribution in [2.75, 3.05) is 30.9 Å². The second-order valence-electron chi connectivity index (χ2n) is 5.22. The Morgan fingerprint density at radius 2 is 2.27 bits per heavy atom. The zero-order valence-corrected chi connectivity index (χ0v) is 13.4. The number of nitrogens with zero attached hydrogens (tertiary/aromatic N) is 3. The largest absolute Gasteiger partial charge is 0.398 e. The summed E-state index contributed by atoms with van der Waals surface area (Å²) in [5.74, 6) is 1.33. The fraction of sp³-hybridized carbons (Fsp3) is 0.467. The van der Waals surface area contributed by atoms with E-state index in [4.69, 9.17) is 15.0 Å². The Morgan fingerprint density at radius 1 is 1.41 bits per heavy atom. The van der Waals surface area contributed by atoms with Gasteiger partial charge in [-0.05, 0) is 30.5 Å². The van der Waals surface area contributed by atoms with Crippen LogP contribution in [0.2, 0.25) is 0 Å². The Bertz CT molecular complexity index is 617. The third-order valence-corrected chi connectivity index (χ3v) is 3.75. The lowest BCUT2D eigenvalue weighted by molar-refractivity contribution is 0.199. The Balaban J connectivity index is 0.00000176. The van der Waals surface area contributed by atoms with Crippen molar-refractivity contribution in [2.45, 2.75) is 25.8 Å². The van der Waals surface area contributed by atoms with Gasteiger partial charge in [-0.25, -0.2) is 0 Å². The highest BCUT2D eigenvalue weighted by Crippen LogP contribution is 2.31. The lowest BCUT2D eigenvalue weighted by Crippen LogP contribution is -2.29. The van der Waals surface area contributed by atoms with Crippen molar-refractivity contribution < 1.29 is 9.26 Å². The molecule has 0 atom stereocenters. The molecule has 2 heterocycles. The fourth-order valence-corrected chi connectivity index (χ4v) is 2.70. The number of nitrogens with two attached hydrogens (primary N) is 1. The van der Waals surface area contributed by atoms with Gasteiger partial charge in [-0.3, -0.25) is 0 Å². The van der Waals surface area contributed by atoms with Crippen molar-refractivity contribution in [3.8, 4) is 0 Å². The van der Waals surface area contributed by atoms with Gasteiger partial charge >= 0.3 is 0 Å². The van der Waals surface area contributed by atoms with Crippen molar-refractivity contribution >= 4 is 23.8 Å². The topological polar surface area (TPSA) is 77.4 Å². The molecule has 0 unspecified atom stereocenters. The van der Waals surface area contributed by atoms with Gasteiger partial charge in [0.05, 0.1) is 13.2 Å². The predicted molar refractivity (Wildman–Crippen MR) is 87.4 cm³/mol. The van der Waals surface area contributed by atoms with Crippen LogP contribution in [-0.2, 0) is 24.1 Å².